The van der Waals surface area contributed by atoms with Gasteiger partial charge in [-0.25, -0.2) is 4.68 Å². The molecule has 1 saturated heterocycles. The van der Waals surface area contributed by atoms with E-state index in [0.29, 0.717) is 18.9 Å². The Morgan fingerprint density at radius 3 is 2.88 bits per heavy atom. The average Bonchev–Trinajstić information content (AvgIpc) is 3.24. The number of likely N-dealkylation sites (tertiary alicyclic amines) is 1. The molecule has 1 fully saturated rings. The van der Waals surface area contributed by atoms with E-state index in [2.05, 4.69) is 26.8 Å². The zero-order chi connectivity index (χ0) is 18.3. The van der Waals surface area contributed by atoms with Gasteiger partial charge in [0.1, 0.15) is 12.2 Å². The minimum absolute atomic E-state index is 0.249. The van der Waals surface area contributed by atoms with Crippen molar-refractivity contribution in [2.45, 2.75) is 52.1 Å². The summed E-state index contributed by atoms with van der Waals surface area (Å²) in [5.41, 5.74) is -0.105. The smallest absolute Gasteiger partial charge is 0.332 e. The first-order chi connectivity index (χ1) is 12.5. The molecule has 0 unspecified atom stereocenters. The fourth-order valence-electron chi connectivity index (χ4n) is 3.82. The molecular weight excluding hydrogens is 352 g/mol. The van der Waals surface area contributed by atoms with Gasteiger partial charge in [-0.05, 0) is 34.7 Å². The Hall–Kier alpha value is -1.77. The van der Waals surface area contributed by atoms with E-state index >= 15 is 0 Å². The highest BCUT2D eigenvalue weighted by Crippen LogP contribution is 2.32. The molecule has 1 spiro atoms. The van der Waals surface area contributed by atoms with Crippen molar-refractivity contribution in [2.75, 3.05) is 13.1 Å². The third kappa shape index (κ3) is 3.28. The number of thiophene rings is 1. The molecule has 26 heavy (non-hydrogen) atoms. The van der Waals surface area contributed by atoms with E-state index < -0.39 is 16.7 Å². The Balaban J connectivity index is 1.55. The van der Waals surface area contributed by atoms with Crippen LogP contribution in [0.15, 0.2) is 26.4 Å². The summed E-state index contributed by atoms with van der Waals surface area (Å²) in [7, 11) is 0. The lowest BCUT2D eigenvalue weighted by Crippen LogP contribution is -2.53. The topological polar surface area (TPSA) is 69.4 Å². The zero-order valence-corrected chi connectivity index (χ0v) is 16.0. The quantitative estimate of drug-likeness (QED) is 0.753. The molecule has 2 aromatic heterocycles. The number of aromatic nitrogens is 3. The maximum Gasteiger partial charge on any atom is 0.332 e. The first kappa shape index (κ1) is 17.6. The summed E-state index contributed by atoms with van der Waals surface area (Å²) in [4.78, 5) is 27.3. The summed E-state index contributed by atoms with van der Waals surface area (Å²) in [6, 6.07) is 2.14. The van der Waals surface area contributed by atoms with Crippen molar-refractivity contribution < 1.29 is 4.74 Å². The fraction of sp³-hybridized carbons (Fsp3) is 0.611. The molecule has 0 aromatic carbocycles. The molecule has 140 valence electrons. The van der Waals surface area contributed by atoms with Gasteiger partial charge in [0.05, 0.1) is 6.54 Å². The van der Waals surface area contributed by atoms with Crippen molar-refractivity contribution in [1.82, 2.24) is 19.2 Å². The lowest BCUT2D eigenvalue weighted by atomic mass is 10.0. The van der Waals surface area contributed by atoms with E-state index in [1.165, 1.54) is 14.8 Å². The minimum Gasteiger partial charge on any atom is -0.364 e. The summed E-state index contributed by atoms with van der Waals surface area (Å²) >= 11 is 1.70. The maximum atomic E-state index is 12.6. The molecule has 7 nitrogen and oxygen atoms in total. The second kappa shape index (κ2) is 6.75. The molecule has 8 heteroatoms. The molecule has 4 rings (SSSR count). The Labute approximate surface area is 155 Å². The maximum absolute atomic E-state index is 12.6. The number of hydrogen-bond donors (Lipinski definition) is 0. The number of ether oxygens (including phenoxy) is 1. The van der Waals surface area contributed by atoms with Gasteiger partial charge in [-0.15, -0.1) is 0 Å². The third-order valence-corrected chi connectivity index (χ3v) is 5.82. The summed E-state index contributed by atoms with van der Waals surface area (Å²) in [5, 5.41) is 8.62. The van der Waals surface area contributed by atoms with Gasteiger partial charge < -0.3 is 4.74 Å². The van der Waals surface area contributed by atoms with Gasteiger partial charge in [0.15, 0.2) is 5.82 Å². The van der Waals surface area contributed by atoms with Crippen molar-refractivity contribution >= 4 is 11.3 Å². The van der Waals surface area contributed by atoms with Crippen LogP contribution in [0, 0.1) is 5.92 Å². The standard InChI is InChI=1S/C18H24N4O3S/c1-13(2)7-22-17(24)16(23)21-12-18(25-9-15(21)19-22)4-5-20(11-18)8-14-3-6-26-10-14/h3,6,10,13H,4-5,7-9,11-12H2,1-2H3/t18-/m1/s1. The van der Waals surface area contributed by atoms with Gasteiger partial charge in [-0.1, -0.05) is 13.8 Å². The molecule has 0 N–H and O–H groups in total. The van der Waals surface area contributed by atoms with E-state index in [-0.39, 0.29) is 12.5 Å². The molecule has 2 aliphatic rings. The van der Waals surface area contributed by atoms with E-state index in [0.717, 1.165) is 26.1 Å². The van der Waals surface area contributed by atoms with Crippen LogP contribution >= 0.6 is 11.3 Å². The first-order valence-electron chi connectivity index (χ1n) is 9.04. The lowest BCUT2D eigenvalue weighted by Gasteiger charge is -2.35. The van der Waals surface area contributed by atoms with Gasteiger partial charge in [0.25, 0.3) is 0 Å². The highest BCUT2D eigenvalue weighted by Gasteiger charge is 2.43. The molecule has 0 aliphatic carbocycles. The summed E-state index contributed by atoms with van der Waals surface area (Å²) in [6.45, 7) is 7.72. The Kier molecular flexibility index (Phi) is 4.58. The Morgan fingerprint density at radius 2 is 2.15 bits per heavy atom. The van der Waals surface area contributed by atoms with Gasteiger partial charge >= 0.3 is 11.1 Å². The molecule has 0 bridgehead atoms. The van der Waals surface area contributed by atoms with Gasteiger partial charge in [-0.3, -0.25) is 19.1 Å². The molecule has 1 atom stereocenters. The second-order valence-corrected chi connectivity index (χ2v) is 8.53. The molecule has 4 heterocycles. The van der Waals surface area contributed by atoms with Gasteiger partial charge in [0, 0.05) is 26.2 Å². The zero-order valence-electron chi connectivity index (χ0n) is 15.2. The third-order valence-electron chi connectivity index (χ3n) is 5.08. The summed E-state index contributed by atoms with van der Waals surface area (Å²) in [6.07, 6.45) is 0.859. The van der Waals surface area contributed by atoms with Crippen molar-refractivity contribution in [3.63, 3.8) is 0 Å². The lowest BCUT2D eigenvalue weighted by molar-refractivity contribution is -0.0859. The van der Waals surface area contributed by atoms with Crippen LogP contribution in [0.5, 0.6) is 0 Å². The van der Waals surface area contributed by atoms with Crippen molar-refractivity contribution in [2.24, 2.45) is 5.92 Å². The second-order valence-electron chi connectivity index (χ2n) is 7.75. The van der Waals surface area contributed by atoms with Crippen LogP contribution < -0.4 is 11.1 Å². The minimum atomic E-state index is -0.535. The summed E-state index contributed by atoms with van der Waals surface area (Å²) < 4.78 is 9.01. The van der Waals surface area contributed by atoms with Crippen LogP contribution in [0.4, 0.5) is 0 Å². The predicted octanol–water partition coefficient (Wildman–Crippen LogP) is 1.30. The van der Waals surface area contributed by atoms with E-state index in [9.17, 15) is 9.59 Å². The van der Waals surface area contributed by atoms with Crippen molar-refractivity contribution in [1.29, 1.82) is 0 Å². The molecular formula is C18H24N4O3S. The van der Waals surface area contributed by atoms with E-state index in [1.54, 1.807) is 11.3 Å². The van der Waals surface area contributed by atoms with Crippen LogP contribution in [-0.4, -0.2) is 37.9 Å². The van der Waals surface area contributed by atoms with Crippen LogP contribution in [0.25, 0.3) is 0 Å². The van der Waals surface area contributed by atoms with E-state index in [1.807, 2.05) is 13.8 Å². The highest BCUT2D eigenvalue weighted by atomic mass is 32.1. The van der Waals surface area contributed by atoms with Crippen LogP contribution in [0.1, 0.15) is 31.7 Å². The molecule has 2 aromatic rings. The first-order valence-corrected chi connectivity index (χ1v) is 9.98. The molecule has 0 saturated carbocycles. The highest BCUT2D eigenvalue weighted by molar-refractivity contribution is 7.07. The van der Waals surface area contributed by atoms with Crippen molar-refractivity contribution in [3.8, 4) is 0 Å². The molecule has 2 aliphatic heterocycles. The van der Waals surface area contributed by atoms with Crippen LogP contribution in [0.2, 0.25) is 0 Å². The SMILES string of the molecule is CC(C)Cn1nc2n(c(=O)c1=O)C[C@]1(CCN(Cc3ccsc3)C1)OC2. The predicted molar refractivity (Wildman–Crippen MR) is 99.3 cm³/mol. The van der Waals surface area contributed by atoms with Gasteiger partial charge in [-0.2, -0.15) is 16.4 Å². The largest absolute Gasteiger partial charge is 0.364 e. The monoisotopic (exact) mass is 376 g/mol. The van der Waals surface area contributed by atoms with E-state index in [4.69, 9.17) is 4.74 Å². The Bertz CT molecular complexity index is 902. The van der Waals surface area contributed by atoms with Gasteiger partial charge in [0.2, 0.25) is 0 Å². The number of fused-ring (bicyclic) bond motifs is 1. The van der Waals surface area contributed by atoms with Crippen LogP contribution in [0.3, 0.4) is 0 Å². The number of nitrogens with zero attached hydrogens (tertiary/aromatic N) is 4. The molecule has 0 radical (unpaired) electrons. The average molecular weight is 376 g/mol. The Morgan fingerprint density at radius 1 is 1.31 bits per heavy atom. The summed E-state index contributed by atoms with van der Waals surface area (Å²) in [5.74, 6) is 0.802. The number of hydrogen-bond acceptors (Lipinski definition) is 6. The normalized spacial score (nSPS) is 23.0. The number of rotatable bonds is 4. The molecule has 0 amide bonds. The fourth-order valence-corrected chi connectivity index (χ4v) is 4.48. The van der Waals surface area contributed by atoms with Crippen molar-refractivity contribution in [3.05, 3.63) is 48.9 Å². The van der Waals surface area contributed by atoms with Crippen LogP contribution in [-0.2, 0) is 31.0 Å².